The van der Waals surface area contributed by atoms with Crippen LogP contribution in [-0.2, 0) is 4.79 Å². The minimum atomic E-state index is 0.0703. The van der Waals surface area contributed by atoms with E-state index in [4.69, 9.17) is 10.5 Å². The van der Waals surface area contributed by atoms with E-state index < -0.39 is 0 Å². The van der Waals surface area contributed by atoms with Crippen molar-refractivity contribution in [1.82, 2.24) is 10.2 Å². The van der Waals surface area contributed by atoms with Crippen molar-refractivity contribution in [2.75, 3.05) is 39.3 Å². The first kappa shape index (κ1) is 17.7. The SMILES string of the molecule is NCCNC(=O)C1CCCN(CCOc2ccc3ccccc3c2)C1. The van der Waals surface area contributed by atoms with Gasteiger partial charge in [-0.3, -0.25) is 9.69 Å². The normalized spacial score (nSPS) is 18.2. The van der Waals surface area contributed by atoms with Gasteiger partial charge in [0, 0.05) is 26.2 Å². The second-order valence-corrected chi connectivity index (χ2v) is 6.58. The third-order valence-corrected chi connectivity index (χ3v) is 4.72. The van der Waals surface area contributed by atoms with Crippen LogP contribution in [0.25, 0.3) is 10.8 Å². The van der Waals surface area contributed by atoms with E-state index in [2.05, 4.69) is 34.5 Å². The first-order valence-corrected chi connectivity index (χ1v) is 9.08. The molecule has 0 saturated carbocycles. The Morgan fingerprint density at radius 2 is 2.08 bits per heavy atom. The molecular formula is C20H27N3O2. The molecule has 1 fully saturated rings. The van der Waals surface area contributed by atoms with Crippen molar-refractivity contribution in [3.63, 3.8) is 0 Å². The zero-order valence-corrected chi connectivity index (χ0v) is 14.6. The van der Waals surface area contributed by atoms with Crippen molar-refractivity contribution in [2.24, 2.45) is 11.7 Å². The summed E-state index contributed by atoms with van der Waals surface area (Å²) in [5, 5.41) is 5.31. The number of hydrogen-bond donors (Lipinski definition) is 2. The lowest BCUT2D eigenvalue weighted by Gasteiger charge is -2.31. The molecule has 134 valence electrons. The molecule has 1 amide bonds. The van der Waals surface area contributed by atoms with Gasteiger partial charge >= 0.3 is 0 Å². The molecule has 1 aliphatic rings. The van der Waals surface area contributed by atoms with E-state index >= 15 is 0 Å². The number of carbonyl (C=O) groups is 1. The summed E-state index contributed by atoms with van der Waals surface area (Å²) in [6.07, 6.45) is 2.01. The summed E-state index contributed by atoms with van der Waals surface area (Å²) in [7, 11) is 0. The van der Waals surface area contributed by atoms with E-state index in [1.165, 1.54) is 10.8 Å². The van der Waals surface area contributed by atoms with E-state index in [0.717, 1.165) is 38.2 Å². The molecule has 0 bridgehead atoms. The molecule has 1 heterocycles. The van der Waals surface area contributed by atoms with Crippen LogP contribution in [0.2, 0.25) is 0 Å². The van der Waals surface area contributed by atoms with Gasteiger partial charge in [-0.05, 0) is 42.3 Å². The minimum Gasteiger partial charge on any atom is -0.492 e. The zero-order valence-electron chi connectivity index (χ0n) is 14.6. The quantitative estimate of drug-likeness (QED) is 0.808. The number of hydrogen-bond acceptors (Lipinski definition) is 4. The van der Waals surface area contributed by atoms with Crippen LogP contribution in [0, 0.1) is 5.92 Å². The number of amides is 1. The van der Waals surface area contributed by atoms with E-state index in [1.54, 1.807) is 0 Å². The summed E-state index contributed by atoms with van der Waals surface area (Å²) in [6.45, 7) is 4.35. The number of nitrogens with one attached hydrogen (secondary N) is 1. The number of benzene rings is 2. The maximum Gasteiger partial charge on any atom is 0.224 e. The van der Waals surface area contributed by atoms with Gasteiger partial charge in [0.2, 0.25) is 5.91 Å². The van der Waals surface area contributed by atoms with Crippen molar-refractivity contribution >= 4 is 16.7 Å². The minimum absolute atomic E-state index is 0.0703. The standard InChI is InChI=1S/C20H27N3O2/c21-9-10-22-20(24)18-6-3-11-23(15-18)12-13-25-19-8-7-16-4-1-2-5-17(16)14-19/h1-2,4-5,7-8,14,18H,3,6,9-13,15,21H2,(H,22,24). The smallest absolute Gasteiger partial charge is 0.224 e. The number of piperidine rings is 1. The molecule has 3 rings (SSSR count). The number of rotatable bonds is 7. The zero-order chi connectivity index (χ0) is 17.5. The highest BCUT2D eigenvalue weighted by Gasteiger charge is 2.25. The van der Waals surface area contributed by atoms with Crippen molar-refractivity contribution in [3.05, 3.63) is 42.5 Å². The molecule has 0 radical (unpaired) electrons. The lowest BCUT2D eigenvalue weighted by Crippen LogP contribution is -2.45. The Kier molecular flexibility index (Phi) is 6.25. The molecule has 1 saturated heterocycles. The van der Waals surface area contributed by atoms with Gasteiger partial charge in [0.25, 0.3) is 0 Å². The lowest BCUT2D eigenvalue weighted by atomic mass is 9.97. The van der Waals surface area contributed by atoms with E-state index in [-0.39, 0.29) is 11.8 Å². The molecule has 2 aromatic carbocycles. The maximum absolute atomic E-state index is 12.1. The van der Waals surface area contributed by atoms with Crippen LogP contribution in [0.15, 0.2) is 42.5 Å². The number of likely N-dealkylation sites (tertiary alicyclic amines) is 1. The van der Waals surface area contributed by atoms with Gasteiger partial charge in [0.15, 0.2) is 0 Å². The van der Waals surface area contributed by atoms with Gasteiger partial charge < -0.3 is 15.8 Å². The predicted molar refractivity (Wildman–Crippen MR) is 101 cm³/mol. The monoisotopic (exact) mass is 341 g/mol. The first-order chi connectivity index (χ1) is 12.3. The third kappa shape index (κ3) is 4.94. The van der Waals surface area contributed by atoms with Crippen molar-refractivity contribution < 1.29 is 9.53 Å². The lowest BCUT2D eigenvalue weighted by molar-refractivity contribution is -0.126. The molecule has 1 unspecified atom stereocenters. The van der Waals surface area contributed by atoms with Crippen molar-refractivity contribution in [1.29, 1.82) is 0 Å². The van der Waals surface area contributed by atoms with Gasteiger partial charge in [-0.1, -0.05) is 30.3 Å². The Balaban J connectivity index is 1.46. The number of ether oxygens (including phenoxy) is 1. The highest BCUT2D eigenvalue weighted by molar-refractivity contribution is 5.83. The van der Waals surface area contributed by atoms with E-state index in [0.29, 0.717) is 19.7 Å². The molecule has 0 spiro atoms. The largest absolute Gasteiger partial charge is 0.492 e. The number of nitrogens with two attached hydrogens (primary N) is 1. The summed E-state index contributed by atoms with van der Waals surface area (Å²) >= 11 is 0. The van der Waals surface area contributed by atoms with Crippen LogP contribution >= 0.6 is 0 Å². The van der Waals surface area contributed by atoms with Crippen molar-refractivity contribution in [2.45, 2.75) is 12.8 Å². The maximum atomic E-state index is 12.1. The summed E-state index contributed by atoms with van der Waals surface area (Å²) in [5.41, 5.74) is 5.45. The second-order valence-electron chi connectivity index (χ2n) is 6.58. The molecule has 1 aliphatic heterocycles. The molecule has 2 aromatic rings. The average molecular weight is 341 g/mol. The van der Waals surface area contributed by atoms with Crippen molar-refractivity contribution in [3.8, 4) is 5.75 Å². The number of fused-ring (bicyclic) bond motifs is 1. The summed E-state index contributed by atoms with van der Waals surface area (Å²) in [6, 6.07) is 14.5. The fourth-order valence-electron chi connectivity index (χ4n) is 3.36. The molecule has 5 heteroatoms. The summed E-state index contributed by atoms with van der Waals surface area (Å²) in [4.78, 5) is 14.4. The molecule has 25 heavy (non-hydrogen) atoms. The highest BCUT2D eigenvalue weighted by atomic mass is 16.5. The second kappa shape index (κ2) is 8.83. The fraction of sp³-hybridized carbons (Fsp3) is 0.450. The Bertz CT molecular complexity index is 704. The Morgan fingerprint density at radius 3 is 2.92 bits per heavy atom. The van der Waals surface area contributed by atoms with Crippen LogP contribution in [0.1, 0.15) is 12.8 Å². The van der Waals surface area contributed by atoms with Gasteiger partial charge in [-0.15, -0.1) is 0 Å². The van der Waals surface area contributed by atoms with Crippen LogP contribution in [-0.4, -0.2) is 50.1 Å². The van der Waals surface area contributed by atoms with Gasteiger partial charge in [0.05, 0.1) is 5.92 Å². The highest BCUT2D eigenvalue weighted by Crippen LogP contribution is 2.21. The molecule has 5 nitrogen and oxygen atoms in total. The van der Waals surface area contributed by atoms with Crippen LogP contribution in [0.4, 0.5) is 0 Å². The topological polar surface area (TPSA) is 67.6 Å². The fourth-order valence-corrected chi connectivity index (χ4v) is 3.36. The van der Waals surface area contributed by atoms with E-state index in [1.807, 2.05) is 18.2 Å². The molecule has 0 aliphatic carbocycles. The van der Waals surface area contributed by atoms with Gasteiger partial charge in [-0.2, -0.15) is 0 Å². The summed E-state index contributed by atoms with van der Waals surface area (Å²) in [5.74, 6) is 1.10. The first-order valence-electron chi connectivity index (χ1n) is 9.08. The average Bonchev–Trinajstić information content (AvgIpc) is 2.66. The van der Waals surface area contributed by atoms with Crippen LogP contribution < -0.4 is 15.8 Å². The Morgan fingerprint density at radius 1 is 1.24 bits per heavy atom. The Labute approximate surface area is 149 Å². The van der Waals surface area contributed by atoms with Crippen LogP contribution in [0.3, 0.4) is 0 Å². The van der Waals surface area contributed by atoms with Gasteiger partial charge in [-0.25, -0.2) is 0 Å². The molecule has 0 aromatic heterocycles. The predicted octanol–water partition coefficient (Wildman–Crippen LogP) is 2.01. The molecular weight excluding hydrogens is 314 g/mol. The Hall–Kier alpha value is -2.11. The number of carbonyl (C=O) groups excluding carboxylic acids is 1. The van der Waals surface area contributed by atoms with E-state index in [9.17, 15) is 4.79 Å². The summed E-state index contributed by atoms with van der Waals surface area (Å²) < 4.78 is 5.92. The molecule has 3 N–H and O–H groups in total. The van der Waals surface area contributed by atoms with Gasteiger partial charge in [0.1, 0.15) is 12.4 Å². The molecule has 1 atom stereocenters. The number of nitrogens with zero attached hydrogens (tertiary/aromatic N) is 1. The third-order valence-electron chi connectivity index (χ3n) is 4.72. The van der Waals surface area contributed by atoms with Crippen LogP contribution in [0.5, 0.6) is 5.75 Å².